The molecule has 0 bridgehead atoms. The monoisotopic (exact) mass is 105 g/mol. The minimum absolute atomic E-state index is 0.260. The highest BCUT2D eigenvalue weighted by Crippen LogP contribution is 1.69. The molecule has 0 saturated carbocycles. The average Bonchev–Trinajstić information content (AvgIpc) is 1.68. The van der Waals surface area contributed by atoms with Crippen LogP contribution in [0.2, 0.25) is 0 Å². The van der Waals surface area contributed by atoms with Gasteiger partial charge in [0.1, 0.15) is 0 Å². The zero-order valence-corrected chi connectivity index (χ0v) is 3.69. The average molecular weight is 105 g/mol. The highest BCUT2D eigenvalue weighted by atomic mass is 19.1. The fraction of sp³-hybridized carbons (Fsp3) is 0.500. The summed E-state index contributed by atoms with van der Waals surface area (Å²) < 4.78 is 14.7. The quantitative estimate of drug-likeness (QED) is 0.445. The molecule has 5 heteroatoms. The molecule has 0 spiro atoms. The molecule has 0 aliphatic carbocycles. The normalized spacial score (nSPS) is 7.71. The summed E-state index contributed by atoms with van der Waals surface area (Å²) in [7, 11) is -1.09. The molecule has 0 amide bonds. The minimum atomic E-state index is -1.09. The fourth-order valence-electron chi connectivity index (χ4n) is 0.120. The van der Waals surface area contributed by atoms with Gasteiger partial charge >= 0.3 is 13.7 Å². The van der Waals surface area contributed by atoms with Crippen LogP contribution in [0.5, 0.6) is 0 Å². The van der Waals surface area contributed by atoms with E-state index in [2.05, 4.69) is 4.65 Å². The second-order valence-corrected chi connectivity index (χ2v) is 0.830. The third kappa shape index (κ3) is 3.25. The first-order chi connectivity index (χ1) is 3.31. The molecule has 0 saturated heterocycles. The van der Waals surface area contributed by atoms with Crippen LogP contribution in [0.1, 0.15) is 0 Å². The molecule has 0 rings (SSSR count). The molecule has 7 heavy (non-hydrogen) atoms. The number of halogens is 1. The molecule has 0 aliphatic rings. The molecule has 0 heterocycles. The van der Waals surface area contributed by atoms with Crippen molar-refractivity contribution in [2.24, 2.45) is 5.73 Å². The Morgan fingerprint density at radius 1 is 2.00 bits per heavy atom. The highest BCUT2D eigenvalue weighted by molar-refractivity contribution is 6.21. The molecule has 0 aromatic rings. The van der Waals surface area contributed by atoms with E-state index in [0.717, 1.165) is 0 Å². The molecular weight excluding hydrogens is 99.8 g/mol. The van der Waals surface area contributed by atoms with Crippen LogP contribution in [0.25, 0.3) is 0 Å². The van der Waals surface area contributed by atoms with Gasteiger partial charge in [0.15, 0.2) is 0 Å². The first-order valence-corrected chi connectivity index (χ1v) is 1.73. The number of hydrogen-bond acceptors (Lipinski definition) is 3. The Bertz CT molecular complexity index is 68.7. The fourth-order valence-corrected chi connectivity index (χ4v) is 0.120. The van der Waals surface area contributed by atoms with E-state index in [1.54, 1.807) is 0 Å². The van der Waals surface area contributed by atoms with Gasteiger partial charge in [-0.05, 0) is 0 Å². The third-order valence-electron chi connectivity index (χ3n) is 0.382. The SMILES string of the molecule is NCC(=O)OBF. The Hall–Kier alpha value is -0.575. The van der Waals surface area contributed by atoms with Gasteiger partial charge in [0.05, 0.1) is 6.54 Å². The highest BCUT2D eigenvalue weighted by Gasteiger charge is 1.95. The summed E-state index contributed by atoms with van der Waals surface area (Å²) in [6, 6.07) is 0. The predicted molar refractivity (Wildman–Crippen MR) is 23.4 cm³/mol. The maximum absolute atomic E-state index is 10.9. The second kappa shape index (κ2) is 3.61. The number of carbonyl (C=O) groups excluding carboxylic acids is 1. The van der Waals surface area contributed by atoms with Crippen LogP contribution >= 0.6 is 0 Å². The number of nitrogens with two attached hydrogens (primary N) is 1. The molecule has 2 N–H and O–H groups in total. The van der Waals surface area contributed by atoms with Crippen molar-refractivity contribution < 1.29 is 13.8 Å². The van der Waals surface area contributed by atoms with Gasteiger partial charge in [-0.1, -0.05) is 0 Å². The van der Waals surface area contributed by atoms with Gasteiger partial charge in [-0.25, -0.2) is 0 Å². The van der Waals surface area contributed by atoms with Crippen molar-refractivity contribution in [2.45, 2.75) is 0 Å². The van der Waals surface area contributed by atoms with Gasteiger partial charge in [-0.3, -0.25) is 9.11 Å². The number of rotatable bonds is 2. The Balaban J connectivity index is 3.00. The topological polar surface area (TPSA) is 52.3 Å². The first kappa shape index (κ1) is 6.42. The molecule has 0 aliphatic heterocycles. The van der Waals surface area contributed by atoms with Crippen molar-refractivity contribution in [1.82, 2.24) is 0 Å². The molecule has 0 aromatic heterocycles. The van der Waals surface area contributed by atoms with Gasteiger partial charge in [0, 0.05) is 0 Å². The zero-order valence-electron chi connectivity index (χ0n) is 3.69. The summed E-state index contributed by atoms with van der Waals surface area (Å²) >= 11 is 0. The van der Waals surface area contributed by atoms with Crippen LogP contribution in [0, 0.1) is 0 Å². The van der Waals surface area contributed by atoms with Gasteiger partial charge < -0.3 is 10.4 Å². The molecule has 0 aromatic carbocycles. The van der Waals surface area contributed by atoms with Crippen LogP contribution in [0.15, 0.2) is 0 Å². The number of carbonyl (C=O) groups is 1. The molecular formula is C2H5BFNO2. The predicted octanol–water partition coefficient (Wildman–Crippen LogP) is -1.28. The van der Waals surface area contributed by atoms with Crippen molar-refractivity contribution in [1.29, 1.82) is 0 Å². The van der Waals surface area contributed by atoms with Gasteiger partial charge in [-0.15, -0.1) is 0 Å². The summed E-state index contributed by atoms with van der Waals surface area (Å²) in [4.78, 5) is 9.82. The summed E-state index contributed by atoms with van der Waals surface area (Å²) in [6.45, 7) is -0.260. The number of hydrogen-bond donors (Lipinski definition) is 1. The van der Waals surface area contributed by atoms with E-state index in [1.165, 1.54) is 0 Å². The van der Waals surface area contributed by atoms with E-state index >= 15 is 0 Å². The lowest BCUT2D eigenvalue weighted by Crippen LogP contribution is -2.17. The lowest BCUT2D eigenvalue weighted by Gasteiger charge is -1.90. The van der Waals surface area contributed by atoms with E-state index in [9.17, 15) is 9.11 Å². The van der Waals surface area contributed by atoms with Crippen LogP contribution in [-0.4, -0.2) is 20.3 Å². The Kier molecular flexibility index (Phi) is 3.31. The first-order valence-electron chi connectivity index (χ1n) is 1.73. The standard InChI is InChI=1S/C2H5BFNO2/c4-3-7-2(6)1-5/h3H,1,5H2. The van der Waals surface area contributed by atoms with E-state index in [0.29, 0.717) is 0 Å². The van der Waals surface area contributed by atoms with Crippen LogP contribution in [0.3, 0.4) is 0 Å². The van der Waals surface area contributed by atoms with Crippen LogP contribution < -0.4 is 5.73 Å². The summed E-state index contributed by atoms with van der Waals surface area (Å²) in [5.74, 6) is -0.720. The Morgan fingerprint density at radius 3 is 2.71 bits per heavy atom. The van der Waals surface area contributed by atoms with Crippen molar-refractivity contribution in [3.63, 3.8) is 0 Å². The molecule has 0 radical (unpaired) electrons. The van der Waals surface area contributed by atoms with Crippen molar-refractivity contribution in [3.8, 4) is 0 Å². The lowest BCUT2D eigenvalue weighted by molar-refractivity contribution is -0.133. The third-order valence-corrected chi connectivity index (χ3v) is 0.382. The van der Waals surface area contributed by atoms with Crippen molar-refractivity contribution >= 4 is 13.7 Å². The van der Waals surface area contributed by atoms with E-state index in [1.807, 2.05) is 0 Å². The van der Waals surface area contributed by atoms with E-state index < -0.39 is 13.7 Å². The van der Waals surface area contributed by atoms with Crippen molar-refractivity contribution in [3.05, 3.63) is 0 Å². The van der Waals surface area contributed by atoms with E-state index in [4.69, 9.17) is 5.73 Å². The second-order valence-electron chi connectivity index (χ2n) is 0.830. The summed E-state index contributed by atoms with van der Waals surface area (Å²) in [5, 5.41) is 0. The van der Waals surface area contributed by atoms with Gasteiger partial charge in [0.25, 0.3) is 0 Å². The smallest absolute Gasteiger partial charge is 0.508 e. The van der Waals surface area contributed by atoms with Crippen LogP contribution in [-0.2, 0) is 9.45 Å². The lowest BCUT2D eigenvalue weighted by atomic mass is 10.5. The molecule has 0 atom stereocenters. The van der Waals surface area contributed by atoms with Crippen molar-refractivity contribution in [2.75, 3.05) is 6.54 Å². The van der Waals surface area contributed by atoms with Gasteiger partial charge in [0.2, 0.25) is 0 Å². The van der Waals surface area contributed by atoms with Crippen LogP contribution in [0.4, 0.5) is 4.32 Å². The van der Waals surface area contributed by atoms with Gasteiger partial charge in [-0.2, -0.15) is 0 Å². The molecule has 3 nitrogen and oxygen atoms in total. The maximum atomic E-state index is 10.9. The zero-order chi connectivity index (χ0) is 5.70. The summed E-state index contributed by atoms with van der Waals surface area (Å²) in [6.07, 6.45) is 0. The largest absolute Gasteiger partial charge is 0.549 e. The minimum Gasteiger partial charge on any atom is -0.508 e. The van der Waals surface area contributed by atoms with E-state index in [-0.39, 0.29) is 6.54 Å². The Labute approximate surface area is 41.0 Å². The maximum Gasteiger partial charge on any atom is 0.549 e. The molecule has 0 fully saturated rings. The summed E-state index contributed by atoms with van der Waals surface area (Å²) in [5.41, 5.74) is 4.72. The molecule has 0 unspecified atom stereocenters. The molecule has 40 valence electrons. The Morgan fingerprint density at radius 2 is 2.57 bits per heavy atom.